The number of hydrogen-bond acceptors (Lipinski definition) is 3. The Morgan fingerprint density at radius 2 is 1.84 bits per heavy atom. The highest BCUT2D eigenvalue weighted by molar-refractivity contribution is 4.80. The van der Waals surface area contributed by atoms with Gasteiger partial charge in [0, 0.05) is 12.6 Å². The maximum absolute atomic E-state index is 10.2. The van der Waals surface area contributed by atoms with Crippen molar-refractivity contribution < 1.29 is 5.11 Å². The van der Waals surface area contributed by atoms with Crippen molar-refractivity contribution in [1.82, 2.24) is 4.90 Å². The summed E-state index contributed by atoms with van der Waals surface area (Å²) in [6, 6.07) is 0.760. The van der Waals surface area contributed by atoms with E-state index >= 15 is 0 Å². The molecule has 1 aliphatic rings. The van der Waals surface area contributed by atoms with E-state index in [1.165, 1.54) is 32.1 Å². The minimum absolute atomic E-state index is 0.384. The standard InChI is InChI=1S/C16H34N2O/c1-4-14-7-9-15(10-8-14)18(3)12-6-11-16(19,5-2)13-17/h14-15,19H,4-13,17H2,1-3H3. The zero-order valence-corrected chi connectivity index (χ0v) is 13.2. The molecule has 0 amide bonds. The van der Waals surface area contributed by atoms with Crippen molar-refractivity contribution in [3.8, 4) is 0 Å². The molecule has 0 heterocycles. The molecule has 0 aromatic rings. The van der Waals surface area contributed by atoms with Crippen molar-refractivity contribution in [1.29, 1.82) is 0 Å². The van der Waals surface area contributed by atoms with E-state index in [1.54, 1.807) is 0 Å². The van der Waals surface area contributed by atoms with Crippen LogP contribution in [0.25, 0.3) is 0 Å². The Kier molecular flexibility index (Phi) is 7.33. The van der Waals surface area contributed by atoms with Gasteiger partial charge in [-0.05, 0) is 64.5 Å². The molecule has 1 atom stereocenters. The first-order valence-electron chi connectivity index (χ1n) is 8.17. The number of nitrogens with zero attached hydrogens (tertiary/aromatic N) is 1. The van der Waals surface area contributed by atoms with Crippen LogP contribution in [0, 0.1) is 5.92 Å². The van der Waals surface area contributed by atoms with E-state index < -0.39 is 5.60 Å². The first-order valence-corrected chi connectivity index (χ1v) is 8.17. The quantitative estimate of drug-likeness (QED) is 0.713. The van der Waals surface area contributed by atoms with E-state index in [2.05, 4.69) is 18.9 Å². The summed E-state index contributed by atoms with van der Waals surface area (Å²) in [5.41, 5.74) is 5.01. The van der Waals surface area contributed by atoms with E-state index in [0.29, 0.717) is 6.54 Å². The molecule has 0 radical (unpaired) electrons. The normalized spacial score (nSPS) is 27.5. The monoisotopic (exact) mass is 270 g/mol. The predicted molar refractivity (Wildman–Crippen MR) is 82.2 cm³/mol. The van der Waals surface area contributed by atoms with Crippen LogP contribution in [-0.4, -0.2) is 41.8 Å². The van der Waals surface area contributed by atoms with Gasteiger partial charge in [-0.2, -0.15) is 0 Å². The molecule has 0 spiro atoms. The van der Waals surface area contributed by atoms with Crippen molar-refractivity contribution in [2.75, 3.05) is 20.1 Å². The summed E-state index contributed by atoms with van der Waals surface area (Å²) in [7, 11) is 2.24. The van der Waals surface area contributed by atoms with Gasteiger partial charge in [0.05, 0.1) is 5.60 Å². The van der Waals surface area contributed by atoms with E-state index in [-0.39, 0.29) is 0 Å². The van der Waals surface area contributed by atoms with Crippen molar-refractivity contribution in [2.45, 2.75) is 76.9 Å². The Balaban J connectivity index is 2.23. The maximum Gasteiger partial charge on any atom is 0.0767 e. The van der Waals surface area contributed by atoms with E-state index in [0.717, 1.165) is 37.8 Å². The molecule has 3 heteroatoms. The van der Waals surface area contributed by atoms with E-state index in [1.807, 2.05) is 6.92 Å². The lowest BCUT2D eigenvalue weighted by atomic mass is 9.84. The average molecular weight is 270 g/mol. The Labute approximate surface area is 119 Å². The van der Waals surface area contributed by atoms with Crippen LogP contribution in [0.3, 0.4) is 0 Å². The maximum atomic E-state index is 10.2. The number of rotatable bonds is 8. The van der Waals surface area contributed by atoms with Crippen LogP contribution >= 0.6 is 0 Å². The first kappa shape index (κ1) is 16.9. The fraction of sp³-hybridized carbons (Fsp3) is 1.00. The summed E-state index contributed by atoms with van der Waals surface area (Å²) >= 11 is 0. The third-order valence-corrected chi connectivity index (χ3v) is 5.21. The van der Waals surface area contributed by atoms with Gasteiger partial charge in [0.25, 0.3) is 0 Å². The lowest BCUT2D eigenvalue weighted by Crippen LogP contribution is -2.39. The number of aliphatic hydroxyl groups is 1. The van der Waals surface area contributed by atoms with Gasteiger partial charge >= 0.3 is 0 Å². The van der Waals surface area contributed by atoms with E-state index in [9.17, 15) is 5.11 Å². The molecule has 0 bridgehead atoms. The second-order valence-corrected chi connectivity index (χ2v) is 6.45. The highest BCUT2D eigenvalue weighted by Gasteiger charge is 2.25. The smallest absolute Gasteiger partial charge is 0.0767 e. The summed E-state index contributed by atoms with van der Waals surface area (Å²) in [4.78, 5) is 2.50. The number of nitrogens with two attached hydrogens (primary N) is 1. The van der Waals surface area contributed by atoms with Gasteiger partial charge in [-0.15, -0.1) is 0 Å². The third kappa shape index (κ3) is 5.41. The third-order valence-electron chi connectivity index (χ3n) is 5.21. The van der Waals surface area contributed by atoms with Crippen LogP contribution in [0.1, 0.15) is 65.2 Å². The Morgan fingerprint density at radius 3 is 2.32 bits per heavy atom. The summed E-state index contributed by atoms with van der Waals surface area (Å²) in [6.45, 7) is 5.80. The fourth-order valence-electron chi connectivity index (χ4n) is 3.26. The first-order chi connectivity index (χ1) is 9.04. The van der Waals surface area contributed by atoms with Crippen LogP contribution < -0.4 is 5.73 Å². The second kappa shape index (κ2) is 8.23. The molecule has 1 rings (SSSR count). The molecule has 1 saturated carbocycles. The largest absolute Gasteiger partial charge is 0.389 e. The van der Waals surface area contributed by atoms with Gasteiger partial charge in [0.1, 0.15) is 0 Å². The molecule has 0 saturated heterocycles. The zero-order chi connectivity index (χ0) is 14.3. The van der Waals surface area contributed by atoms with Crippen molar-refractivity contribution in [3.63, 3.8) is 0 Å². The van der Waals surface area contributed by atoms with Gasteiger partial charge < -0.3 is 15.7 Å². The molecule has 0 aliphatic heterocycles. The van der Waals surface area contributed by atoms with Crippen molar-refractivity contribution in [2.24, 2.45) is 11.7 Å². The molecular formula is C16H34N2O. The molecular weight excluding hydrogens is 236 g/mol. The van der Waals surface area contributed by atoms with Crippen molar-refractivity contribution in [3.05, 3.63) is 0 Å². The van der Waals surface area contributed by atoms with Crippen LogP contribution in [0.15, 0.2) is 0 Å². The predicted octanol–water partition coefficient (Wildman–Crippen LogP) is 2.77. The van der Waals surface area contributed by atoms with Crippen LogP contribution in [0.2, 0.25) is 0 Å². The minimum Gasteiger partial charge on any atom is -0.389 e. The fourth-order valence-corrected chi connectivity index (χ4v) is 3.26. The molecule has 1 unspecified atom stereocenters. The Bertz CT molecular complexity index is 233. The molecule has 1 aliphatic carbocycles. The van der Waals surface area contributed by atoms with Crippen LogP contribution in [0.4, 0.5) is 0 Å². The molecule has 0 aromatic carbocycles. The lowest BCUT2D eigenvalue weighted by molar-refractivity contribution is 0.0302. The molecule has 114 valence electrons. The summed E-state index contributed by atoms with van der Waals surface area (Å²) in [5.74, 6) is 0.965. The lowest BCUT2D eigenvalue weighted by Gasteiger charge is -2.35. The number of hydrogen-bond donors (Lipinski definition) is 2. The van der Waals surface area contributed by atoms with Gasteiger partial charge in [-0.1, -0.05) is 20.3 Å². The van der Waals surface area contributed by atoms with Crippen LogP contribution in [-0.2, 0) is 0 Å². The topological polar surface area (TPSA) is 49.5 Å². The zero-order valence-electron chi connectivity index (χ0n) is 13.2. The molecule has 1 fully saturated rings. The minimum atomic E-state index is -0.638. The average Bonchev–Trinajstić information content (AvgIpc) is 2.47. The molecule has 3 nitrogen and oxygen atoms in total. The van der Waals surface area contributed by atoms with Crippen LogP contribution in [0.5, 0.6) is 0 Å². The summed E-state index contributed by atoms with van der Waals surface area (Å²) in [5, 5.41) is 10.2. The van der Waals surface area contributed by atoms with E-state index in [4.69, 9.17) is 5.73 Å². The molecule has 0 aromatic heterocycles. The molecule has 19 heavy (non-hydrogen) atoms. The van der Waals surface area contributed by atoms with Gasteiger partial charge in [-0.25, -0.2) is 0 Å². The van der Waals surface area contributed by atoms with Gasteiger partial charge in [-0.3, -0.25) is 0 Å². The second-order valence-electron chi connectivity index (χ2n) is 6.45. The van der Waals surface area contributed by atoms with Gasteiger partial charge in [0.2, 0.25) is 0 Å². The van der Waals surface area contributed by atoms with Crippen molar-refractivity contribution >= 4 is 0 Å². The summed E-state index contributed by atoms with van der Waals surface area (Å²) in [6.07, 6.45) is 9.47. The highest BCUT2D eigenvalue weighted by atomic mass is 16.3. The Morgan fingerprint density at radius 1 is 1.21 bits per heavy atom. The van der Waals surface area contributed by atoms with Gasteiger partial charge in [0.15, 0.2) is 0 Å². The Hall–Kier alpha value is -0.120. The summed E-state index contributed by atoms with van der Waals surface area (Å²) < 4.78 is 0. The molecule has 3 N–H and O–H groups in total. The SMILES string of the molecule is CCC1CCC(N(C)CCCC(O)(CC)CN)CC1. The highest BCUT2D eigenvalue weighted by Crippen LogP contribution is 2.29.